The monoisotopic (exact) mass is 368 g/mol. The number of esters is 2. The van der Waals surface area contributed by atoms with Crippen molar-refractivity contribution in [3.63, 3.8) is 0 Å². The summed E-state index contributed by atoms with van der Waals surface area (Å²) in [7, 11) is 0. The van der Waals surface area contributed by atoms with Crippen molar-refractivity contribution in [2.45, 2.75) is 58.2 Å². The van der Waals surface area contributed by atoms with Gasteiger partial charge < -0.3 is 9.47 Å². The Balaban J connectivity index is 1.88. The van der Waals surface area contributed by atoms with Crippen LogP contribution in [-0.4, -0.2) is 24.1 Å². The van der Waals surface area contributed by atoms with Gasteiger partial charge in [0.25, 0.3) is 0 Å². The van der Waals surface area contributed by atoms with Crippen molar-refractivity contribution in [2.75, 3.05) is 0 Å². The molecule has 0 spiro atoms. The van der Waals surface area contributed by atoms with E-state index >= 15 is 0 Å². The highest BCUT2D eigenvalue weighted by molar-refractivity contribution is 5.70. The van der Waals surface area contributed by atoms with Crippen molar-refractivity contribution >= 4 is 11.9 Å². The minimum Gasteiger partial charge on any atom is -0.463 e. The van der Waals surface area contributed by atoms with Crippen LogP contribution in [-0.2, 0) is 31.9 Å². The van der Waals surface area contributed by atoms with E-state index in [4.69, 9.17) is 9.47 Å². The second-order valence-electron chi connectivity index (χ2n) is 6.78. The summed E-state index contributed by atoms with van der Waals surface area (Å²) in [4.78, 5) is 23.5. The second kappa shape index (κ2) is 11.2. The van der Waals surface area contributed by atoms with Crippen LogP contribution in [0.25, 0.3) is 0 Å². The maximum Gasteiger partial charge on any atom is 0.306 e. The number of benzene rings is 2. The lowest BCUT2D eigenvalue weighted by Crippen LogP contribution is -2.26. The van der Waals surface area contributed by atoms with Crippen molar-refractivity contribution in [1.29, 1.82) is 0 Å². The molecule has 2 rings (SSSR count). The molecule has 0 radical (unpaired) electrons. The lowest BCUT2D eigenvalue weighted by Gasteiger charge is -2.21. The summed E-state index contributed by atoms with van der Waals surface area (Å²) in [6.45, 7) is 3.22. The first kappa shape index (κ1) is 20.7. The van der Waals surface area contributed by atoms with Gasteiger partial charge in [-0.1, -0.05) is 60.7 Å². The Hall–Kier alpha value is -2.62. The van der Waals surface area contributed by atoms with Crippen LogP contribution < -0.4 is 0 Å². The molecule has 27 heavy (non-hydrogen) atoms. The molecule has 4 nitrogen and oxygen atoms in total. The predicted octanol–water partition coefficient (Wildman–Crippen LogP) is 4.51. The van der Waals surface area contributed by atoms with Crippen molar-refractivity contribution in [3.05, 3.63) is 71.8 Å². The van der Waals surface area contributed by atoms with Gasteiger partial charge in [-0.2, -0.15) is 0 Å². The first-order valence-electron chi connectivity index (χ1n) is 9.47. The molecule has 4 heteroatoms. The largest absolute Gasteiger partial charge is 0.463 e. The normalized spacial score (nSPS) is 12.8. The summed E-state index contributed by atoms with van der Waals surface area (Å²) < 4.78 is 10.9. The molecular formula is C23H28O4. The zero-order valence-corrected chi connectivity index (χ0v) is 16.1. The number of hydrogen-bond donors (Lipinski definition) is 0. The first-order chi connectivity index (χ1) is 13.0. The zero-order valence-electron chi connectivity index (χ0n) is 16.1. The summed E-state index contributed by atoms with van der Waals surface area (Å²) in [6, 6.07) is 20.0. The SMILES string of the molecule is CC(=O)O[C@H](C)C[C@@H](CCc1ccccc1)OC(=O)CCc1ccccc1. The number of ether oxygens (including phenoxy) is 2. The highest BCUT2D eigenvalue weighted by atomic mass is 16.6. The summed E-state index contributed by atoms with van der Waals surface area (Å²) >= 11 is 0. The molecule has 144 valence electrons. The molecule has 0 aliphatic rings. The highest BCUT2D eigenvalue weighted by Crippen LogP contribution is 2.16. The minimum absolute atomic E-state index is 0.216. The standard InChI is InChI=1S/C23H28O4/c1-18(26-19(2)24)17-22(15-13-20-9-5-3-6-10-20)27-23(25)16-14-21-11-7-4-8-12-21/h3-12,18,22H,13-17H2,1-2H3/t18-,22-/m1/s1. The van der Waals surface area contributed by atoms with Gasteiger partial charge in [0.1, 0.15) is 12.2 Å². The maximum absolute atomic E-state index is 12.3. The molecule has 2 atom stereocenters. The zero-order chi connectivity index (χ0) is 19.5. The van der Waals surface area contributed by atoms with E-state index in [9.17, 15) is 9.59 Å². The fourth-order valence-electron chi connectivity index (χ4n) is 3.03. The van der Waals surface area contributed by atoms with E-state index in [2.05, 4.69) is 12.1 Å². The summed E-state index contributed by atoms with van der Waals surface area (Å²) in [5.41, 5.74) is 2.31. The Morgan fingerprint density at radius 1 is 0.852 bits per heavy atom. The van der Waals surface area contributed by atoms with Crippen molar-refractivity contribution in [2.24, 2.45) is 0 Å². The summed E-state index contributed by atoms with van der Waals surface area (Å²) in [5.74, 6) is -0.536. The molecule has 2 aromatic carbocycles. The van der Waals surface area contributed by atoms with Gasteiger partial charge in [-0.25, -0.2) is 0 Å². The Bertz CT molecular complexity index is 697. The highest BCUT2D eigenvalue weighted by Gasteiger charge is 2.19. The minimum atomic E-state index is -0.320. The van der Waals surface area contributed by atoms with Gasteiger partial charge in [0.05, 0.1) is 0 Å². The molecule has 0 N–H and O–H groups in total. The van der Waals surface area contributed by atoms with Crippen molar-refractivity contribution in [3.8, 4) is 0 Å². The van der Waals surface area contributed by atoms with E-state index < -0.39 is 0 Å². The van der Waals surface area contributed by atoms with Gasteiger partial charge in [-0.15, -0.1) is 0 Å². The van der Waals surface area contributed by atoms with Gasteiger partial charge in [0.2, 0.25) is 0 Å². The Morgan fingerprint density at radius 2 is 1.41 bits per heavy atom. The molecule has 0 saturated heterocycles. The van der Waals surface area contributed by atoms with Crippen LogP contribution >= 0.6 is 0 Å². The first-order valence-corrected chi connectivity index (χ1v) is 9.47. The third-order valence-corrected chi connectivity index (χ3v) is 4.32. The molecule has 0 amide bonds. The molecule has 0 aromatic heterocycles. The van der Waals surface area contributed by atoms with E-state index in [-0.39, 0.29) is 24.1 Å². The fraction of sp³-hybridized carbons (Fsp3) is 0.391. The number of carbonyl (C=O) groups is 2. The number of aryl methyl sites for hydroxylation is 2. The van der Waals surface area contributed by atoms with E-state index in [1.54, 1.807) is 0 Å². The molecule has 0 saturated carbocycles. The van der Waals surface area contributed by atoms with Gasteiger partial charge in [0, 0.05) is 19.8 Å². The Morgan fingerprint density at radius 3 is 1.96 bits per heavy atom. The van der Waals surface area contributed by atoms with Crippen LogP contribution in [0.2, 0.25) is 0 Å². The van der Waals surface area contributed by atoms with Crippen LogP contribution in [0.5, 0.6) is 0 Å². The summed E-state index contributed by atoms with van der Waals surface area (Å²) in [5, 5.41) is 0. The Kier molecular flexibility index (Phi) is 8.56. The lowest BCUT2D eigenvalue weighted by atomic mass is 10.0. The molecule has 0 aliphatic heterocycles. The van der Waals surface area contributed by atoms with Crippen molar-refractivity contribution in [1.82, 2.24) is 0 Å². The van der Waals surface area contributed by atoms with Crippen LogP contribution in [0.1, 0.15) is 44.2 Å². The van der Waals surface area contributed by atoms with Gasteiger partial charge in [0.15, 0.2) is 0 Å². The maximum atomic E-state index is 12.3. The third-order valence-electron chi connectivity index (χ3n) is 4.32. The molecule has 0 unspecified atom stereocenters. The van der Waals surface area contributed by atoms with Crippen LogP contribution in [0, 0.1) is 0 Å². The quantitative estimate of drug-likeness (QED) is 0.579. The molecule has 0 fully saturated rings. The third kappa shape index (κ3) is 8.54. The average Bonchev–Trinajstić information content (AvgIpc) is 2.65. The summed E-state index contributed by atoms with van der Waals surface area (Å²) in [6.07, 6.45) is 2.45. The average molecular weight is 368 g/mol. The number of carbonyl (C=O) groups excluding carboxylic acids is 2. The molecule has 0 heterocycles. The molecule has 0 aliphatic carbocycles. The van der Waals surface area contributed by atoms with E-state index in [1.165, 1.54) is 12.5 Å². The number of hydrogen-bond acceptors (Lipinski definition) is 4. The topological polar surface area (TPSA) is 52.6 Å². The Labute approximate surface area is 161 Å². The predicted molar refractivity (Wildman–Crippen MR) is 105 cm³/mol. The van der Waals surface area contributed by atoms with Crippen LogP contribution in [0.4, 0.5) is 0 Å². The molecule has 2 aromatic rings. The van der Waals surface area contributed by atoms with E-state index in [1.807, 2.05) is 55.5 Å². The van der Waals surface area contributed by atoms with Gasteiger partial charge in [-0.05, 0) is 37.3 Å². The smallest absolute Gasteiger partial charge is 0.306 e. The van der Waals surface area contributed by atoms with Crippen molar-refractivity contribution < 1.29 is 19.1 Å². The van der Waals surface area contributed by atoms with Gasteiger partial charge >= 0.3 is 11.9 Å². The van der Waals surface area contributed by atoms with E-state index in [0.717, 1.165) is 12.0 Å². The lowest BCUT2D eigenvalue weighted by molar-refractivity contribution is -0.153. The molecular weight excluding hydrogens is 340 g/mol. The van der Waals surface area contributed by atoms with Gasteiger partial charge in [-0.3, -0.25) is 9.59 Å². The molecule has 0 bridgehead atoms. The number of rotatable bonds is 10. The van der Waals surface area contributed by atoms with E-state index in [0.29, 0.717) is 25.7 Å². The second-order valence-corrected chi connectivity index (χ2v) is 6.78. The van der Waals surface area contributed by atoms with Crippen LogP contribution in [0.15, 0.2) is 60.7 Å². The fourth-order valence-corrected chi connectivity index (χ4v) is 3.03. The van der Waals surface area contributed by atoms with Crippen LogP contribution in [0.3, 0.4) is 0 Å².